The van der Waals surface area contributed by atoms with Gasteiger partial charge in [0.1, 0.15) is 0 Å². The first-order valence-corrected chi connectivity index (χ1v) is 10.2. The summed E-state index contributed by atoms with van der Waals surface area (Å²) in [6.45, 7) is 7.64. The van der Waals surface area contributed by atoms with Gasteiger partial charge in [0.2, 0.25) is 5.91 Å². The van der Waals surface area contributed by atoms with E-state index in [0.29, 0.717) is 6.04 Å². The van der Waals surface area contributed by atoms with Crippen LogP contribution in [0.4, 0.5) is 0 Å². The zero-order chi connectivity index (χ0) is 16.7. The highest BCUT2D eigenvalue weighted by molar-refractivity contribution is 9.10. The Morgan fingerprint density at radius 1 is 1.35 bits per heavy atom. The summed E-state index contributed by atoms with van der Waals surface area (Å²) in [6.07, 6.45) is 4.68. The molecule has 0 unspecified atom stereocenters. The van der Waals surface area contributed by atoms with Crippen LogP contribution in [0.5, 0.6) is 0 Å². The lowest BCUT2D eigenvalue weighted by atomic mass is 10.0. The SMILES string of the molecule is CCCCN1CCC(NC(=O)[C@H](C)Sc2ccc(Br)cc2)CC1. The minimum atomic E-state index is -0.0608. The number of thioether (sulfide) groups is 1. The fraction of sp³-hybridized carbons (Fsp3) is 0.611. The van der Waals surface area contributed by atoms with Crippen molar-refractivity contribution < 1.29 is 4.79 Å². The van der Waals surface area contributed by atoms with Crippen molar-refractivity contribution in [3.8, 4) is 0 Å². The second-order valence-corrected chi connectivity index (χ2v) is 8.52. The first kappa shape index (κ1) is 18.8. The molecule has 1 aliphatic rings. The van der Waals surface area contributed by atoms with E-state index in [1.807, 2.05) is 31.2 Å². The van der Waals surface area contributed by atoms with E-state index in [1.54, 1.807) is 11.8 Å². The second-order valence-electron chi connectivity index (χ2n) is 6.19. The van der Waals surface area contributed by atoms with Gasteiger partial charge in [-0.15, -0.1) is 11.8 Å². The summed E-state index contributed by atoms with van der Waals surface area (Å²) in [6, 6.07) is 8.46. The number of hydrogen-bond donors (Lipinski definition) is 1. The molecule has 0 bridgehead atoms. The maximum absolute atomic E-state index is 12.4. The summed E-state index contributed by atoms with van der Waals surface area (Å²) in [5.74, 6) is 0.157. The molecule has 1 aromatic rings. The Kier molecular flexibility index (Phi) is 7.93. The molecule has 0 aliphatic carbocycles. The van der Waals surface area contributed by atoms with Crippen LogP contribution < -0.4 is 5.32 Å². The van der Waals surface area contributed by atoms with Crippen molar-refractivity contribution in [1.82, 2.24) is 10.2 Å². The van der Waals surface area contributed by atoms with Crippen LogP contribution in [-0.4, -0.2) is 41.7 Å². The number of nitrogens with one attached hydrogen (secondary N) is 1. The molecule has 2 rings (SSSR count). The van der Waals surface area contributed by atoms with E-state index < -0.39 is 0 Å². The highest BCUT2D eigenvalue weighted by atomic mass is 79.9. The Balaban J connectivity index is 1.73. The molecule has 3 nitrogen and oxygen atoms in total. The highest BCUT2D eigenvalue weighted by Gasteiger charge is 2.22. The zero-order valence-corrected chi connectivity index (χ0v) is 16.5. The van der Waals surface area contributed by atoms with Gasteiger partial charge in [-0.2, -0.15) is 0 Å². The van der Waals surface area contributed by atoms with Gasteiger partial charge < -0.3 is 10.2 Å². The molecule has 1 heterocycles. The smallest absolute Gasteiger partial charge is 0.233 e. The Labute approximate surface area is 152 Å². The number of unbranched alkanes of at least 4 members (excludes halogenated alkanes) is 1. The van der Waals surface area contributed by atoms with Crippen LogP contribution in [0.3, 0.4) is 0 Å². The van der Waals surface area contributed by atoms with Crippen molar-refractivity contribution in [2.24, 2.45) is 0 Å². The molecular weight excluding hydrogens is 372 g/mol. The van der Waals surface area contributed by atoms with E-state index in [2.05, 4.69) is 33.1 Å². The van der Waals surface area contributed by atoms with E-state index in [4.69, 9.17) is 0 Å². The van der Waals surface area contributed by atoms with Crippen LogP contribution in [0, 0.1) is 0 Å². The average Bonchev–Trinajstić information content (AvgIpc) is 2.56. The molecule has 1 fully saturated rings. The number of carbonyl (C=O) groups excluding carboxylic acids is 1. The van der Waals surface area contributed by atoms with Gasteiger partial charge in [-0.3, -0.25) is 4.79 Å². The van der Waals surface area contributed by atoms with E-state index in [0.717, 1.165) is 35.3 Å². The van der Waals surface area contributed by atoms with E-state index in [-0.39, 0.29) is 11.2 Å². The zero-order valence-electron chi connectivity index (χ0n) is 14.1. The second kappa shape index (κ2) is 9.70. The minimum Gasteiger partial charge on any atom is -0.352 e. The van der Waals surface area contributed by atoms with Gasteiger partial charge in [0.25, 0.3) is 0 Å². The van der Waals surface area contributed by atoms with Crippen molar-refractivity contribution in [3.05, 3.63) is 28.7 Å². The minimum absolute atomic E-state index is 0.0608. The molecule has 23 heavy (non-hydrogen) atoms. The Bertz CT molecular complexity index is 486. The summed E-state index contributed by atoms with van der Waals surface area (Å²) >= 11 is 5.05. The molecule has 0 radical (unpaired) electrons. The topological polar surface area (TPSA) is 32.3 Å². The van der Waals surface area contributed by atoms with Gasteiger partial charge in [-0.25, -0.2) is 0 Å². The first-order valence-electron chi connectivity index (χ1n) is 8.53. The van der Waals surface area contributed by atoms with E-state index in [9.17, 15) is 4.79 Å². The normalized spacial score (nSPS) is 17.9. The number of piperidine rings is 1. The molecule has 128 valence electrons. The summed E-state index contributed by atoms with van der Waals surface area (Å²) in [4.78, 5) is 16.0. The molecule has 1 aromatic carbocycles. The predicted molar refractivity (Wildman–Crippen MR) is 102 cm³/mol. The third-order valence-corrected chi connectivity index (χ3v) is 5.90. The lowest BCUT2D eigenvalue weighted by Gasteiger charge is -2.32. The van der Waals surface area contributed by atoms with Crippen LogP contribution >= 0.6 is 27.7 Å². The van der Waals surface area contributed by atoms with Crippen molar-refractivity contribution >= 4 is 33.6 Å². The third kappa shape index (κ3) is 6.48. The van der Waals surface area contributed by atoms with Gasteiger partial charge >= 0.3 is 0 Å². The quantitative estimate of drug-likeness (QED) is 0.694. The highest BCUT2D eigenvalue weighted by Crippen LogP contribution is 2.25. The standard InChI is InChI=1S/C18H27BrN2OS/c1-3-4-11-21-12-9-16(10-13-21)20-18(22)14(2)23-17-7-5-15(19)6-8-17/h5-8,14,16H,3-4,9-13H2,1-2H3,(H,20,22)/t14-/m0/s1. The number of nitrogens with zero attached hydrogens (tertiary/aromatic N) is 1. The van der Waals surface area contributed by atoms with Gasteiger partial charge in [0, 0.05) is 28.5 Å². The van der Waals surface area contributed by atoms with E-state index >= 15 is 0 Å². The monoisotopic (exact) mass is 398 g/mol. The molecule has 1 atom stereocenters. The summed E-state index contributed by atoms with van der Waals surface area (Å²) in [7, 11) is 0. The summed E-state index contributed by atoms with van der Waals surface area (Å²) < 4.78 is 1.06. The Morgan fingerprint density at radius 3 is 2.61 bits per heavy atom. The number of likely N-dealkylation sites (tertiary alicyclic amines) is 1. The molecule has 0 saturated carbocycles. The van der Waals surface area contributed by atoms with Crippen LogP contribution in [0.15, 0.2) is 33.6 Å². The molecule has 5 heteroatoms. The number of amides is 1. The lowest BCUT2D eigenvalue weighted by molar-refractivity contribution is -0.121. The molecule has 0 spiro atoms. The fourth-order valence-corrected chi connectivity index (χ4v) is 3.91. The van der Waals surface area contributed by atoms with Crippen molar-refractivity contribution in [1.29, 1.82) is 0 Å². The van der Waals surface area contributed by atoms with Crippen LogP contribution in [0.2, 0.25) is 0 Å². The Morgan fingerprint density at radius 2 is 2.00 bits per heavy atom. The first-order chi connectivity index (χ1) is 11.1. The Hall–Kier alpha value is -0.520. The average molecular weight is 399 g/mol. The fourth-order valence-electron chi connectivity index (χ4n) is 2.77. The maximum Gasteiger partial charge on any atom is 0.233 e. The van der Waals surface area contributed by atoms with Gasteiger partial charge in [0.05, 0.1) is 5.25 Å². The molecular formula is C18H27BrN2OS. The number of benzene rings is 1. The molecule has 1 amide bonds. The third-order valence-electron chi connectivity index (χ3n) is 4.26. The van der Waals surface area contributed by atoms with E-state index in [1.165, 1.54) is 19.4 Å². The number of carbonyl (C=O) groups is 1. The van der Waals surface area contributed by atoms with Gasteiger partial charge in [0.15, 0.2) is 0 Å². The molecule has 1 saturated heterocycles. The van der Waals surface area contributed by atoms with Crippen molar-refractivity contribution in [3.63, 3.8) is 0 Å². The molecule has 0 aromatic heterocycles. The van der Waals surface area contributed by atoms with Crippen LogP contribution in [0.1, 0.15) is 39.5 Å². The van der Waals surface area contributed by atoms with Crippen molar-refractivity contribution in [2.75, 3.05) is 19.6 Å². The summed E-state index contributed by atoms with van der Waals surface area (Å²) in [5.41, 5.74) is 0. The maximum atomic E-state index is 12.4. The largest absolute Gasteiger partial charge is 0.352 e. The summed E-state index contributed by atoms with van der Waals surface area (Å²) in [5, 5.41) is 3.17. The van der Waals surface area contributed by atoms with Crippen LogP contribution in [0.25, 0.3) is 0 Å². The molecule has 1 N–H and O–H groups in total. The van der Waals surface area contributed by atoms with Gasteiger partial charge in [-0.1, -0.05) is 29.3 Å². The molecule has 1 aliphatic heterocycles. The lowest BCUT2D eigenvalue weighted by Crippen LogP contribution is -2.46. The van der Waals surface area contributed by atoms with Crippen molar-refractivity contribution in [2.45, 2.75) is 55.7 Å². The number of halogens is 1. The predicted octanol–water partition coefficient (Wildman–Crippen LogP) is 4.31. The number of rotatable bonds is 7. The van der Waals surface area contributed by atoms with Gasteiger partial charge in [-0.05, 0) is 57.0 Å². The number of hydrogen-bond acceptors (Lipinski definition) is 3. The van der Waals surface area contributed by atoms with Crippen LogP contribution in [-0.2, 0) is 4.79 Å².